The van der Waals surface area contributed by atoms with Gasteiger partial charge in [-0.05, 0) is 49.1 Å². The summed E-state index contributed by atoms with van der Waals surface area (Å²) in [5.74, 6) is 1.12. The van der Waals surface area contributed by atoms with Crippen LogP contribution in [0.25, 0.3) is 5.57 Å². The van der Waals surface area contributed by atoms with Crippen molar-refractivity contribution in [3.05, 3.63) is 42.3 Å². The number of hydrogen-bond acceptors (Lipinski definition) is 2. The molecule has 0 aromatic heterocycles. The molecule has 1 aromatic rings. The molecule has 93 valence electrons. The number of hydrogen-bond donors (Lipinski definition) is 1. The van der Waals surface area contributed by atoms with Gasteiger partial charge in [-0.3, -0.25) is 4.90 Å². The molecular formula is C16H19N2. The number of anilines is 1. The number of rotatable bonds is 0. The molecule has 0 saturated carbocycles. The lowest BCUT2D eigenvalue weighted by molar-refractivity contribution is 0.240. The smallest absolute Gasteiger partial charge is 0.0382 e. The van der Waals surface area contributed by atoms with Crippen LogP contribution < -0.4 is 5.32 Å². The molecule has 0 fully saturated rings. The van der Waals surface area contributed by atoms with Crippen molar-refractivity contribution in [2.24, 2.45) is 5.92 Å². The maximum atomic E-state index is 4.24. The third-order valence-corrected chi connectivity index (χ3v) is 4.70. The number of fused-ring (bicyclic) bond motifs is 2. The highest BCUT2D eigenvalue weighted by Crippen LogP contribution is 2.48. The summed E-state index contributed by atoms with van der Waals surface area (Å²) in [6.07, 6.45) is 3.65. The lowest BCUT2D eigenvalue weighted by Gasteiger charge is -2.41. The Kier molecular flexibility index (Phi) is 2.13. The largest absolute Gasteiger partial charge is 0.384 e. The normalized spacial score (nSPS) is 33.4. The minimum Gasteiger partial charge on any atom is -0.384 e. The Morgan fingerprint density at radius 2 is 2.28 bits per heavy atom. The van der Waals surface area contributed by atoms with Crippen LogP contribution >= 0.6 is 0 Å². The fourth-order valence-electron chi connectivity index (χ4n) is 3.95. The first-order valence-electron chi connectivity index (χ1n) is 6.86. The zero-order chi connectivity index (χ0) is 12.3. The van der Waals surface area contributed by atoms with E-state index in [9.17, 15) is 0 Å². The highest BCUT2D eigenvalue weighted by Gasteiger charge is 2.38. The predicted molar refractivity (Wildman–Crippen MR) is 75.5 cm³/mol. The van der Waals surface area contributed by atoms with Gasteiger partial charge in [-0.1, -0.05) is 18.2 Å². The molecule has 0 amide bonds. The van der Waals surface area contributed by atoms with Crippen molar-refractivity contribution >= 4 is 11.3 Å². The van der Waals surface area contributed by atoms with Gasteiger partial charge in [0.05, 0.1) is 0 Å². The van der Waals surface area contributed by atoms with E-state index in [4.69, 9.17) is 0 Å². The number of nitrogens with zero attached hydrogens (tertiary/aromatic N) is 1. The lowest BCUT2D eigenvalue weighted by Crippen LogP contribution is -2.42. The van der Waals surface area contributed by atoms with E-state index in [0.717, 1.165) is 13.1 Å². The summed E-state index contributed by atoms with van der Waals surface area (Å²) in [5.41, 5.74) is 5.90. The zero-order valence-electron chi connectivity index (χ0n) is 10.8. The molecule has 1 radical (unpaired) electrons. The Morgan fingerprint density at radius 1 is 1.39 bits per heavy atom. The summed E-state index contributed by atoms with van der Waals surface area (Å²) in [5, 5.41) is 3.56. The van der Waals surface area contributed by atoms with E-state index >= 15 is 0 Å². The standard InChI is InChI=1S/C16H19N2/c1-10-6-13-12-4-3-5-14-16(12)11(8-17-14)7-15(13)18(2)9-10/h3-6,10-11,15,17H,1,7-9H2,2H3/t10-,11?,15-/m1/s1. The summed E-state index contributed by atoms with van der Waals surface area (Å²) in [4.78, 5) is 2.49. The Morgan fingerprint density at radius 3 is 3.17 bits per heavy atom. The average molecular weight is 239 g/mol. The Hall–Kier alpha value is -1.28. The molecule has 4 rings (SSSR count). The molecule has 1 N–H and O–H groups in total. The van der Waals surface area contributed by atoms with Crippen LogP contribution in [0.1, 0.15) is 23.5 Å². The van der Waals surface area contributed by atoms with Crippen molar-refractivity contribution in [3.63, 3.8) is 0 Å². The summed E-state index contributed by atoms with van der Waals surface area (Å²) in [7, 11) is 2.24. The van der Waals surface area contributed by atoms with Gasteiger partial charge >= 0.3 is 0 Å². The molecule has 1 aromatic carbocycles. The zero-order valence-corrected chi connectivity index (χ0v) is 10.8. The molecular weight excluding hydrogens is 220 g/mol. The minimum absolute atomic E-state index is 0.419. The molecule has 3 atom stereocenters. The monoisotopic (exact) mass is 239 g/mol. The van der Waals surface area contributed by atoms with E-state index in [-0.39, 0.29) is 0 Å². The van der Waals surface area contributed by atoms with Gasteiger partial charge < -0.3 is 5.32 Å². The van der Waals surface area contributed by atoms with Gasteiger partial charge in [-0.2, -0.15) is 0 Å². The van der Waals surface area contributed by atoms with Crippen molar-refractivity contribution in [2.45, 2.75) is 18.4 Å². The second kappa shape index (κ2) is 3.61. The van der Waals surface area contributed by atoms with E-state index in [1.807, 2.05) is 0 Å². The number of likely N-dealkylation sites (N-methyl/N-ethyl adjacent to an activating group) is 1. The lowest BCUT2D eigenvalue weighted by atomic mass is 9.75. The van der Waals surface area contributed by atoms with E-state index in [1.165, 1.54) is 23.2 Å². The minimum atomic E-state index is 0.419. The molecule has 2 heterocycles. The molecule has 1 unspecified atom stereocenters. The van der Waals surface area contributed by atoms with Crippen molar-refractivity contribution in [1.29, 1.82) is 0 Å². The molecule has 2 heteroatoms. The van der Waals surface area contributed by atoms with Gasteiger partial charge in [0.2, 0.25) is 0 Å². The fourth-order valence-corrected chi connectivity index (χ4v) is 3.95. The van der Waals surface area contributed by atoms with Gasteiger partial charge in [0.1, 0.15) is 0 Å². The van der Waals surface area contributed by atoms with Crippen LogP contribution in [0.4, 0.5) is 5.69 Å². The third kappa shape index (κ3) is 1.33. The van der Waals surface area contributed by atoms with Crippen LogP contribution in [0.2, 0.25) is 0 Å². The second-order valence-electron chi connectivity index (χ2n) is 5.92. The number of nitrogens with one attached hydrogen (secondary N) is 1. The topological polar surface area (TPSA) is 15.3 Å². The first-order valence-corrected chi connectivity index (χ1v) is 6.86. The average Bonchev–Trinajstić information content (AvgIpc) is 2.76. The van der Waals surface area contributed by atoms with Crippen LogP contribution in [0, 0.1) is 12.8 Å². The molecule has 1 aliphatic carbocycles. The molecule has 2 aliphatic heterocycles. The van der Waals surface area contributed by atoms with Crippen molar-refractivity contribution in [2.75, 3.05) is 25.5 Å². The van der Waals surface area contributed by atoms with Gasteiger partial charge in [0.25, 0.3) is 0 Å². The summed E-state index contributed by atoms with van der Waals surface area (Å²) >= 11 is 0. The van der Waals surface area contributed by atoms with Crippen molar-refractivity contribution < 1.29 is 0 Å². The Labute approximate surface area is 109 Å². The highest BCUT2D eigenvalue weighted by atomic mass is 15.1. The predicted octanol–water partition coefficient (Wildman–Crippen LogP) is 2.75. The SMILES string of the molecule is [CH2][C@@H]1C=C2c3cccc4c3C(CN4)C[C@H]2N(C)C1. The van der Waals surface area contributed by atoms with Crippen LogP contribution in [0.15, 0.2) is 24.3 Å². The molecule has 3 aliphatic rings. The van der Waals surface area contributed by atoms with Crippen LogP contribution in [-0.2, 0) is 0 Å². The highest BCUT2D eigenvalue weighted by molar-refractivity contribution is 5.81. The van der Waals surface area contributed by atoms with Gasteiger partial charge in [-0.15, -0.1) is 0 Å². The Bertz CT molecular complexity index is 532. The van der Waals surface area contributed by atoms with E-state index in [2.05, 4.69) is 48.5 Å². The van der Waals surface area contributed by atoms with Crippen LogP contribution in [0.3, 0.4) is 0 Å². The first-order chi connectivity index (χ1) is 8.74. The quantitative estimate of drug-likeness (QED) is 0.749. The molecule has 0 bridgehead atoms. The molecule has 18 heavy (non-hydrogen) atoms. The fraction of sp³-hybridized carbons (Fsp3) is 0.438. The van der Waals surface area contributed by atoms with Crippen LogP contribution in [-0.4, -0.2) is 31.1 Å². The van der Waals surface area contributed by atoms with Gasteiger partial charge in [0.15, 0.2) is 0 Å². The summed E-state index contributed by atoms with van der Waals surface area (Å²) < 4.78 is 0. The summed E-state index contributed by atoms with van der Waals surface area (Å²) in [6, 6.07) is 7.28. The maximum absolute atomic E-state index is 4.24. The van der Waals surface area contributed by atoms with Gasteiger partial charge in [0, 0.05) is 30.7 Å². The van der Waals surface area contributed by atoms with E-state index in [0.29, 0.717) is 17.9 Å². The van der Waals surface area contributed by atoms with Gasteiger partial charge in [-0.25, -0.2) is 0 Å². The molecule has 2 nitrogen and oxygen atoms in total. The summed E-state index contributed by atoms with van der Waals surface area (Å²) in [6.45, 7) is 6.43. The van der Waals surface area contributed by atoms with Crippen molar-refractivity contribution in [1.82, 2.24) is 4.90 Å². The number of benzene rings is 1. The second-order valence-corrected chi connectivity index (χ2v) is 5.92. The Balaban J connectivity index is 1.92. The first kappa shape index (κ1) is 10.6. The van der Waals surface area contributed by atoms with Crippen molar-refractivity contribution in [3.8, 4) is 0 Å². The van der Waals surface area contributed by atoms with E-state index < -0.39 is 0 Å². The molecule has 0 spiro atoms. The maximum Gasteiger partial charge on any atom is 0.0382 e. The van der Waals surface area contributed by atoms with E-state index in [1.54, 1.807) is 5.56 Å². The van der Waals surface area contributed by atoms with Crippen LogP contribution in [0.5, 0.6) is 0 Å². The molecule has 0 saturated heterocycles. The third-order valence-electron chi connectivity index (χ3n) is 4.70.